The highest BCUT2D eigenvalue weighted by Crippen LogP contribution is 2.31. The van der Waals surface area contributed by atoms with Gasteiger partial charge >= 0.3 is 0 Å². The van der Waals surface area contributed by atoms with Gasteiger partial charge in [0.25, 0.3) is 0 Å². The zero-order valence-corrected chi connectivity index (χ0v) is 12.1. The summed E-state index contributed by atoms with van der Waals surface area (Å²) in [5.74, 6) is 1.28. The van der Waals surface area contributed by atoms with E-state index in [9.17, 15) is 5.11 Å². The lowest BCUT2D eigenvalue weighted by atomic mass is 9.92. The normalized spacial score (nSPS) is 19.5. The molecule has 1 aliphatic heterocycles. The van der Waals surface area contributed by atoms with E-state index >= 15 is 0 Å². The Hall–Kier alpha value is -1.06. The van der Waals surface area contributed by atoms with Crippen molar-refractivity contribution in [1.29, 1.82) is 0 Å². The van der Waals surface area contributed by atoms with Crippen molar-refractivity contribution in [2.75, 3.05) is 26.7 Å². The molecule has 0 spiro atoms. The number of phenols is 1. The van der Waals surface area contributed by atoms with E-state index in [1.165, 1.54) is 19.3 Å². The van der Waals surface area contributed by atoms with Crippen LogP contribution in [0.3, 0.4) is 0 Å². The van der Waals surface area contributed by atoms with Crippen molar-refractivity contribution in [2.24, 2.45) is 5.92 Å². The molecule has 1 aromatic rings. The van der Waals surface area contributed by atoms with Crippen molar-refractivity contribution in [2.45, 2.75) is 32.2 Å². The van der Waals surface area contributed by atoms with Crippen molar-refractivity contribution in [3.05, 3.63) is 29.8 Å². The number of likely N-dealkylation sites (tertiary alicyclic amines) is 1. The van der Waals surface area contributed by atoms with Crippen molar-refractivity contribution in [3.63, 3.8) is 0 Å². The maximum Gasteiger partial charge on any atom is 0.120 e. The third-order valence-electron chi connectivity index (χ3n) is 4.39. The molecule has 0 aliphatic carbocycles. The van der Waals surface area contributed by atoms with Crippen LogP contribution in [0, 0.1) is 5.92 Å². The van der Waals surface area contributed by atoms with E-state index in [0.29, 0.717) is 11.8 Å². The van der Waals surface area contributed by atoms with Crippen molar-refractivity contribution >= 4 is 0 Å². The number of phenolic OH excluding ortho intramolecular Hbond substituents is 1. The number of nitrogens with one attached hydrogen (secondary N) is 1. The van der Waals surface area contributed by atoms with E-state index in [1.54, 1.807) is 6.07 Å². The number of aromatic hydroxyl groups is 1. The Morgan fingerprint density at radius 2 is 2.00 bits per heavy atom. The fraction of sp³-hybridized carbons (Fsp3) is 0.625. The first kappa shape index (κ1) is 14.4. The molecule has 2 N–H and O–H groups in total. The lowest BCUT2D eigenvalue weighted by Gasteiger charge is -2.36. The molecular weight excluding hydrogens is 236 g/mol. The number of piperidine rings is 1. The van der Waals surface area contributed by atoms with Gasteiger partial charge in [0.1, 0.15) is 5.75 Å². The molecule has 1 aliphatic rings. The molecule has 0 aromatic heterocycles. The molecule has 1 fully saturated rings. The fourth-order valence-corrected chi connectivity index (χ4v) is 3.01. The first-order valence-corrected chi connectivity index (χ1v) is 7.39. The van der Waals surface area contributed by atoms with E-state index in [0.717, 1.165) is 31.1 Å². The molecule has 0 radical (unpaired) electrons. The van der Waals surface area contributed by atoms with Gasteiger partial charge in [0.2, 0.25) is 0 Å². The Kier molecular flexibility index (Phi) is 5.23. The standard InChI is InChI=1S/C16H26N2O/c1-13(15-5-3-4-6-16(15)19)18-11-8-14(9-12-18)7-10-17-2/h3-6,13-14,17,19H,7-12H2,1-2H3. The van der Waals surface area contributed by atoms with Crippen LogP contribution in [0.25, 0.3) is 0 Å². The number of nitrogens with zero attached hydrogens (tertiary/aromatic N) is 1. The Morgan fingerprint density at radius 1 is 1.32 bits per heavy atom. The molecule has 106 valence electrons. The van der Waals surface area contributed by atoms with E-state index in [4.69, 9.17) is 0 Å². The summed E-state index contributed by atoms with van der Waals surface area (Å²) in [7, 11) is 2.02. The SMILES string of the molecule is CNCCC1CCN(C(C)c2ccccc2O)CC1. The summed E-state index contributed by atoms with van der Waals surface area (Å²) in [6, 6.07) is 8.02. The summed E-state index contributed by atoms with van der Waals surface area (Å²) >= 11 is 0. The third-order valence-corrected chi connectivity index (χ3v) is 4.39. The predicted molar refractivity (Wildman–Crippen MR) is 79.4 cm³/mol. The van der Waals surface area contributed by atoms with Gasteiger partial charge in [-0.15, -0.1) is 0 Å². The lowest BCUT2D eigenvalue weighted by Crippen LogP contribution is -2.36. The van der Waals surface area contributed by atoms with Crippen LogP contribution in [0.4, 0.5) is 0 Å². The minimum Gasteiger partial charge on any atom is -0.508 e. The van der Waals surface area contributed by atoms with Crippen LogP contribution in [0.2, 0.25) is 0 Å². The summed E-state index contributed by atoms with van der Waals surface area (Å²) in [4.78, 5) is 2.49. The smallest absolute Gasteiger partial charge is 0.120 e. The second-order valence-electron chi connectivity index (χ2n) is 5.61. The largest absolute Gasteiger partial charge is 0.508 e. The molecule has 3 heteroatoms. The zero-order chi connectivity index (χ0) is 13.7. The van der Waals surface area contributed by atoms with Gasteiger partial charge in [-0.3, -0.25) is 4.90 Å². The molecule has 2 rings (SSSR count). The second-order valence-corrected chi connectivity index (χ2v) is 5.61. The van der Waals surface area contributed by atoms with Gasteiger partial charge in [0, 0.05) is 11.6 Å². The topological polar surface area (TPSA) is 35.5 Å². The first-order chi connectivity index (χ1) is 9.22. The van der Waals surface area contributed by atoms with Crippen LogP contribution in [-0.2, 0) is 0 Å². The molecule has 1 heterocycles. The highest BCUT2D eigenvalue weighted by Gasteiger charge is 2.24. The average Bonchev–Trinajstić information content (AvgIpc) is 2.45. The summed E-state index contributed by atoms with van der Waals surface area (Å²) in [6.07, 6.45) is 3.84. The first-order valence-electron chi connectivity index (χ1n) is 7.39. The van der Waals surface area contributed by atoms with E-state index in [2.05, 4.69) is 17.1 Å². The Balaban J connectivity index is 1.89. The van der Waals surface area contributed by atoms with E-state index in [-0.39, 0.29) is 0 Å². The summed E-state index contributed by atoms with van der Waals surface area (Å²) in [5, 5.41) is 13.2. The molecule has 19 heavy (non-hydrogen) atoms. The summed E-state index contributed by atoms with van der Waals surface area (Å²) < 4.78 is 0. The maximum atomic E-state index is 9.94. The minimum absolute atomic E-state index is 0.312. The summed E-state index contributed by atoms with van der Waals surface area (Å²) in [5.41, 5.74) is 1.05. The molecule has 0 bridgehead atoms. The predicted octanol–water partition coefficient (Wildman–Crippen LogP) is 2.77. The maximum absolute atomic E-state index is 9.94. The summed E-state index contributed by atoms with van der Waals surface area (Å²) in [6.45, 7) is 5.61. The fourth-order valence-electron chi connectivity index (χ4n) is 3.01. The number of hydrogen-bond donors (Lipinski definition) is 2. The number of para-hydroxylation sites is 1. The number of hydrogen-bond acceptors (Lipinski definition) is 3. The lowest BCUT2D eigenvalue weighted by molar-refractivity contribution is 0.136. The van der Waals surface area contributed by atoms with Crippen LogP contribution in [0.5, 0.6) is 5.75 Å². The third kappa shape index (κ3) is 3.71. The molecule has 3 nitrogen and oxygen atoms in total. The van der Waals surface area contributed by atoms with Gasteiger partial charge < -0.3 is 10.4 Å². The monoisotopic (exact) mass is 262 g/mol. The van der Waals surface area contributed by atoms with E-state index in [1.807, 2.05) is 25.2 Å². The van der Waals surface area contributed by atoms with E-state index < -0.39 is 0 Å². The van der Waals surface area contributed by atoms with Crippen LogP contribution in [-0.4, -0.2) is 36.7 Å². The number of rotatable bonds is 5. The van der Waals surface area contributed by atoms with Gasteiger partial charge in [-0.25, -0.2) is 0 Å². The molecule has 1 unspecified atom stereocenters. The van der Waals surface area contributed by atoms with Crippen LogP contribution >= 0.6 is 0 Å². The molecule has 1 atom stereocenters. The Labute approximate surface area is 116 Å². The van der Waals surface area contributed by atoms with Crippen molar-refractivity contribution < 1.29 is 5.11 Å². The zero-order valence-electron chi connectivity index (χ0n) is 12.1. The second kappa shape index (κ2) is 6.92. The van der Waals surface area contributed by atoms with Crippen LogP contribution in [0.1, 0.15) is 37.8 Å². The average molecular weight is 262 g/mol. The van der Waals surface area contributed by atoms with Crippen LogP contribution in [0.15, 0.2) is 24.3 Å². The van der Waals surface area contributed by atoms with Crippen LogP contribution < -0.4 is 5.32 Å². The number of benzene rings is 1. The Morgan fingerprint density at radius 3 is 2.63 bits per heavy atom. The molecule has 1 aromatic carbocycles. The van der Waals surface area contributed by atoms with Gasteiger partial charge in [-0.05, 0) is 64.9 Å². The quantitative estimate of drug-likeness (QED) is 0.856. The molecule has 0 saturated carbocycles. The Bertz CT molecular complexity index is 386. The van der Waals surface area contributed by atoms with Crippen molar-refractivity contribution in [1.82, 2.24) is 10.2 Å². The van der Waals surface area contributed by atoms with Gasteiger partial charge in [0.15, 0.2) is 0 Å². The molecular formula is C16H26N2O. The molecule has 0 amide bonds. The minimum atomic E-state index is 0.312. The van der Waals surface area contributed by atoms with Crippen molar-refractivity contribution in [3.8, 4) is 5.75 Å². The highest BCUT2D eigenvalue weighted by molar-refractivity contribution is 5.34. The van der Waals surface area contributed by atoms with Gasteiger partial charge in [-0.2, -0.15) is 0 Å². The van der Waals surface area contributed by atoms with Gasteiger partial charge in [-0.1, -0.05) is 18.2 Å². The highest BCUT2D eigenvalue weighted by atomic mass is 16.3. The molecule has 1 saturated heterocycles. The van der Waals surface area contributed by atoms with Gasteiger partial charge in [0.05, 0.1) is 0 Å².